The van der Waals surface area contributed by atoms with Gasteiger partial charge in [0.15, 0.2) is 0 Å². The SMILES string of the molecule is CCCCCCCCCCCCCCO[PH](=O)[O-].[Na+]. The van der Waals surface area contributed by atoms with Crippen LogP contribution in [-0.4, -0.2) is 6.61 Å². The van der Waals surface area contributed by atoms with E-state index in [-0.39, 0.29) is 29.6 Å². The minimum Gasteiger partial charge on any atom is -0.781 e. The van der Waals surface area contributed by atoms with E-state index in [1.165, 1.54) is 64.2 Å². The standard InChI is InChI=1S/C14H31O3P.Na/c1-2-3-4-5-6-7-8-9-10-11-12-13-14-17-18(15)16;/h18H,2-14H2,1H3,(H,15,16);/q;+1/p-1. The summed E-state index contributed by atoms with van der Waals surface area (Å²) >= 11 is 0. The van der Waals surface area contributed by atoms with Crippen molar-refractivity contribution < 1.29 is 43.5 Å². The van der Waals surface area contributed by atoms with Crippen LogP contribution < -0.4 is 34.5 Å². The van der Waals surface area contributed by atoms with Gasteiger partial charge in [-0.05, 0) is 6.42 Å². The molecule has 3 nitrogen and oxygen atoms in total. The third-order valence-corrected chi connectivity index (χ3v) is 3.66. The van der Waals surface area contributed by atoms with Gasteiger partial charge in [0.1, 0.15) is 8.25 Å². The maximum Gasteiger partial charge on any atom is 1.00 e. The second kappa shape index (κ2) is 19.1. The zero-order chi connectivity index (χ0) is 13.5. The summed E-state index contributed by atoms with van der Waals surface area (Å²) in [7, 11) is -2.95. The van der Waals surface area contributed by atoms with Gasteiger partial charge in [-0.15, -0.1) is 0 Å². The van der Waals surface area contributed by atoms with Crippen molar-refractivity contribution in [2.24, 2.45) is 0 Å². The first-order valence-electron chi connectivity index (χ1n) is 7.61. The average Bonchev–Trinajstić information content (AvgIpc) is 2.34. The van der Waals surface area contributed by atoms with Gasteiger partial charge < -0.3 is 14.0 Å². The van der Waals surface area contributed by atoms with Gasteiger partial charge >= 0.3 is 29.6 Å². The van der Waals surface area contributed by atoms with Crippen LogP contribution in [0.1, 0.15) is 84.0 Å². The van der Waals surface area contributed by atoms with Crippen molar-refractivity contribution in [2.75, 3.05) is 6.61 Å². The summed E-state index contributed by atoms with van der Waals surface area (Å²) in [6.07, 6.45) is 15.4. The predicted molar refractivity (Wildman–Crippen MR) is 76.0 cm³/mol. The summed E-state index contributed by atoms with van der Waals surface area (Å²) in [5.41, 5.74) is 0. The summed E-state index contributed by atoms with van der Waals surface area (Å²) in [5, 5.41) is 0. The Morgan fingerprint density at radius 3 is 1.53 bits per heavy atom. The van der Waals surface area contributed by atoms with Crippen LogP contribution in [0.2, 0.25) is 0 Å². The minimum atomic E-state index is -2.95. The third-order valence-electron chi connectivity index (χ3n) is 3.22. The Bertz CT molecular complexity index is 192. The fraction of sp³-hybridized carbons (Fsp3) is 1.00. The Labute approximate surface area is 142 Å². The molecule has 5 heteroatoms. The summed E-state index contributed by atoms with van der Waals surface area (Å²) < 4.78 is 14.7. The van der Waals surface area contributed by atoms with Gasteiger partial charge in [-0.2, -0.15) is 0 Å². The van der Waals surface area contributed by atoms with Crippen molar-refractivity contribution in [2.45, 2.75) is 84.0 Å². The van der Waals surface area contributed by atoms with E-state index >= 15 is 0 Å². The maximum absolute atomic E-state index is 10.2. The Kier molecular flexibility index (Phi) is 22.6. The molecule has 0 aromatic heterocycles. The zero-order valence-corrected chi connectivity index (χ0v) is 15.9. The Morgan fingerprint density at radius 2 is 1.16 bits per heavy atom. The molecule has 0 heterocycles. The number of hydrogen-bond acceptors (Lipinski definition) is 3. The molecule has 19 heavy (non-hydrogen) atoms. The quantitative estimate of drug-likeness (QED) is 0.277. The molecule has 1 unspecified atom stereocenters. The normalized spacial score (nSPS) is 12.1. The molecular weight excluding hydrogens is 270 g/mol. The predicted octanol–water partition coefficient (Wildman–Crippen LogP) is 1.46. The van der Waals surface area contributed by atoms with Gasteiger partial charge in [0.05, 0.1) is 6.61 Å². The van der Waals surface area contributed by atoms with Crippen molar-refractivity contribution in [3.05, 3.63) is 0 Å². The molecule has 0 rings (SSSR count). The summed E-state index contributed by atoms with van der Waals surface area (Å²) in [6, 6.07) is 0. The minimum absolute atomic E-state index is 0. The van der Waals surface area contributed by atoms with E-state index in [9.17, 15) is 9.46 Å². The van der Waals surface area contributed by atoms with Crippen LogP contribution in [0.3, 0.4) is 0 Å². The van der Waals surface area contributed by atoms with Crippen molar-refractivity contribution >= 4 is 8.25 Å². The fourth-order valence-electron chi connectivity index (χ4n) is 2.10. The molecule has 0 bridgehead atoms. The van der Waals surface area contributed by atoms with Crippen molar-refractivity contribution in [1.82, 2.24) is 0 Å². The number of unbranched alkanes of at least 4 members (excludes halogenated alkanes) is 11. The molecule has 110 valence electrons. The van der Waals surface area contributed by atoms with Crippen LogP contribution in [0.4, 0.5) is 0 Å². The van der Waals surface area contributed by atoms with Crippen molar-refractivity contribution in [3.8, 4) is 0 Å². The smallest absolute Gasteiger partial charge is 0.781 e. The Hall–Kier alpha value is 1.15. The molecule has 0 aliphatic rings. The molecule has 0 radical (unpaired) electrons. The van der Waals surface area contributed by atoms with Gasteiger partial charge in [-0.25, -0.2) is 0 Å². The molecule has 0 amide bonds. The van der Waals surface area contributed by atoms with Crippen LogP contribution in [0.25, 0.3) is 0 Å². The van der Waals surface area contributed by atoms with Crippen LogP contribution >= 0.6 is 8.25 Å². The third kappa shape index (κ3) is 21.6. The number of rotatable bonds is 14. The van der Waals surface area contributed by atoms with Crippen LogP contribution in [0.15, 0.2) is 0 Å². The van der Waals surface area contributed by atoms with Gasteiger partial charge in [-0.1, -0.05) is 77.6 Å². The van der Waals surface area contributed by atoms with E-state index in [4.69, 9.17) is 0 Å². The Morgan fingerprint density at radius 1 is 0.789 bits per heavy atom. The molecular formula is C14H30NaO3P. The molecule has 0 saturated heterocycles. The monoisotopic (exact) mass is 300 g/mol. The Balaban J connectivity index is 0. The average molecular weight is 300 g/mol. The molecule has 0 N–H and O–H groups in total. The van der Waals surface area contributed by atoms with Crippen molar-refractivity contribution in [1.29, 1.82) is 0 Å². The molecule has 0 fully saturated rings. The first-order valence-corrected chi connectivity index (χ1v) is 8.83. The van der Waals surface area contributed by atoms with Crippen molar-refractivity contribution in [3.63, 3.8) is 0 Å². The molecule has 0 aromatic rings. The maximum atomic E-state index is 10.2. The van der Waals surface area contributed by atoms with Gasteiger partial charge in [0, 0.05) is 0 Å². The second-order valence-corrected chi connectivity index (χ2v) is 5.78. The molecule has 0 saturated carbocycles. The second-order valence-electron chi connectivity index (χ2n) is 4.99. The summed E-state index contributed by atoms with van der Waals surface area (Å²) in [5.74, 6) is 0. The molecule has 0 spiro atoms. The van der Waals surface area contributed by atoms with E-state index < -0.39 is 8.25 Å². The topological polar surface area (TPSA) is 49.4 Å². The first kappa shape index (κ1) is 22.4. The van der Waals surface area contributed by atoms with E-state index in [1.54, 1.807) is 0 Å². The van der Waals surface area contributed by atoms with Crippen LogP contribution in [-0.2, 0) is 9.09 Å². The summed E-state index contributed by atoms with van der Waals surface area (Å²) in [6.45, 7) is 2.62. The van der Waals surface area contributed by atoms with E-state index in [0.29, 0.717) is 6.61 Å². The summed E-state index contributed by atoms with van der Waals surface area (Å²) in [4.78, 5) is 10.2. The van der Waals surface area contributed by atoms with Crippen LogP contribution in [0, 0.1) is 0 Å². The first-order chi connectivity index (χ1) is 8.77. The molecule has 0 aliphatic heterocycles. The molecule has 0 aliphatic carbocycles. The fourth-order valence-corrected chi connectivity index (χ4v) is 2.41. The van der Waals surface area contributed by atoms with Gasteiger partial charge in [0.2, 0.25) is 0 Å². The molecule has 1 atom stereocenters. The van der Waals surface area contributed by atoms with E-state index in [1.807, 2.05) is 0 Å². The van der Waals surface area contributed by atoms with E-state index in [2.05, 4.69) is 11.4 Å². The van der Waals surface area contributed by atoms with E-state index in [0.717, 1.165) is 12.8 Å². The van der Waals surface area contributed by atoms with Crippen LogP contribution in [0.5, 0.6) is 0 Å². The molecule has 0 aromatic carbocycles. The number of hydrogen-bond donors (Lipinski definition) is 0. The van der Waals surface area contributed by atoms with Gasteiger partial charge in [-0.3, -0.25) is 0 Å². The zero-order valence-electron chi connectivity index (χ0n) is 12.9. The largest absolute Gasteiger partial charge is 1.00 e. The van der Waals surface area contributed by atoms with Gasteiger partial charge in [0.25, 0.3) is 0 Å².